The van der Waals surface area contributed by atoms with Crippen LogP contribution in [0.25, 0.3) is 11.3 Å². The highest BCUT2D eigenvalue weighted by atomic mass is 19.1. The maximum absolute atomic E-state index is 13.8. The molecule has 0 saturated carbocycles. The number of amides is 1. The highest BCUT2D eigenvalue weighted by Crippen LogP contribution is 2.23. The Bertz CT molecular complexity index is 998. The Hall–Kier alpha value is -3.48. The summed E-state index contributed by atoms with van der Waals surface area (Å²) in [6, 6.07) is 13.2. The van der Waals surface area contributed by atoms with Crippen LogP contribution >= 0.6 is 0 Å². The van der Waals surface area contributed by atoms with Crippen molar-refractivity contribution in [2.24, 2.45) is 0 Å². The summed E-state index contributed by atoms with van der Waals surface area (Å²) in [5.74, 6) is -0.143. The largest absolute Gasteiger partial charge is 0.465 e. The van der Waals surface area contributed by atoms with Crippen LogP contribution in [0.3, 0.4) is 0 Å². The molecule has 1 heterocycles. The zero-order valence-electron chi connectivity index (χ0n) is 16.2. The van der Waals surface area contributed by atoms with E-state index in [2.05, 4.69) is 9.72 Å². The van der Waals surface area contributed by atoms with Gasteiger partial charge in [-0.3, -0.25) is 4.79 Å². The lowest BCUT2D eigenvalue weighted by molar-refractivity contribution is -0.130. The van der Waals surface area contributed by atoms with Crippen LogP contribution in [-0.2, 0) is 22.5 Å². The van der Waals surface area contributed by atoms with Gasteiger partial charge in [-0.25, -0.2) is 14.2 Å². The van der Waals surface area contributed by atoms with Gasteiger partial charge in [-0.15, -0.1) is 0 Å². The number of hydrogen-bond donors (Lipinski definition) is 0. The topological polar surface area (TPSA) is 72.6 Å². The van der Waals surface area contributed by atoms with Crippen molar-refractivity contribution in [1.29, 1.82) is 0 Å². The molecule has 2 aromatic carbocycles. The average molecular weight is 396 g/mol. The third-order valence-electron chi connectivity index (χ3n) is 4.47. The van der Waals surface area contributed by atoms with Gasteiger partial charge in [0.1, 0.15) is 5.82 Å². The van der Waals surface area contributed by atoms with Crippen LogP contribution in [0, 0.1) is 5.82 Å². The average Bonchev–Trinajstić information content (AvgIpc) is 3.21. The minimum absolute atomic E-state index is 0.0762. The van der Waals surface area contributed by atoms with Crippen LogP contribution in [0.5, 0.6) is 0 Å². The number of oxazole rings is 1. The Labute approximate surface area is 167 Å². The summed E-state index contributed by atoms with van der Waals surface area (Å²) in [5.41, 5.74) is 1.69. The number of benzene rings is 2. The van der Waals surface area contributed by atoms with E-state index in [0.29, 0.717) is 35.7 Å². The molecular formula is C22H21FN2O4. The Kier molecular flexibility index (Phi) is 6.39. The van der Waals surface area contributed by atoms with Crippen LogP contribution < -0.4 is 0 Å². The molecule has 0 aliphatic heterocycles. The van der Waals surface area contributed by atoms with Crippen LogP contribution in [0.4, 0.5) is 4.39 Å². The zero-order valence-corrected chi connectivity index (χ0v) is 16.2. The molecule has 0 radical (unpaired) electrons. The normalized spacial score (nSPS) is 10.6. The lowest BCUT2D eigenvalue weighted by Crippen LogP contribution is -2.26. The van der Waals surface area contributed by atoms with Crippen LogP contribution in [-0.4, -0.2) is 35.9 Å². The summed E-state index contributed by atoms with van der Waals surface area (Å²) in [6.07, 6.45) is 2.00. The molecule has 0 bridgehead atoms. The summed E-state index contributed by atoms with van der Waals surface area (Å²) in [7, 11) is 3.03. The monoisotopic (exact) mass is 396 g/mol. The second kappa shape index (κ2) is 9.14. The van der Waals surface area contributed by atoms with E-state index in [4.69, 9.17) is 4.42 Å². The predicted molar refractivity (Wildman–Crippen MR) is 104 cm³/mol. The van der Waals surface area contributed by atoms with Gasteiger partial charge < -0.3 is 14.1 Å². The van der Waals surface area contributed by atoms with E-state index < -0.39 is 5.97 Å². The first-order chi connectivity index (χ1) is 14.0. The smallest absolute Gasteiger partial charge is 0.337 e. The van der Waals surface area contributed by atoms with Crippen molar-refractivity contribution in [1.82, 2.24) is 9.88 Å². The Morgan fingerprint density at radius 3 is 2.55 bits per heavy atom. The molecule has 150 valence electrons. The molecule has 1 aromatic heterocycles. The lowest BCUT2D eigenvalue weighted by Gasteiger charge is -2.17. The molecular weight excluding hydrogens is 375 g/mol. The highest BCUT2D eigenvalue weighted by Gasteiger charge is 2.14. The van der Waals surface area contributed by atoms with Gasteiger partial charge in [-0.1, -0.05) is 24.3 Å². The molecule has 3 rings (SSSR count). The van der Waals surface area contributed by atoms with Gasteiger partial charge in [0, 0.05) is 26.4 Å². The molecule has 6 nitrogen and oxygen atoms in total. The molecule has 3 aromatic rings. The molecule has 0 N–H and O–H groups in total. The fourth-order valence-corrected chi connectivity index (χ4v) is 2.84. The number of rotatable bonds is 7. The number of esters is 1. The SMILES string of the molecule is COC(=O)c1ccc(CN(C)C(=O)CCc2ncc(-c3ccccc3F)o2)cc1. The summed E-state index contributed by atoms with van der Waals surface area (Å²) in [6.45, 7) is 0.409. The molecule has 0 saturated heterocycles. The number of ether oxygens (including phenoxy) is 1. The highest BCUT2D eigenvalue weighted by molar-refractivity contribution is 5.89. The number of aromatic nitrogens is 1. The molecule has 7 heteroatoms. The van der Waals surface area contributed by atoms with E-state index in [0.717, 1.165) is 5.56 Å². The standard InChI is InChI=1S/C22H21FN2O4/c1-25(14-15-7-9-16(10-8-15)22(27)28-2)21(26)12-11-20-24-13-19(29-20)17-5-3-4-6-18(17)23/h3-10,13H,11-12,14H2,1-2H3. The molecule has 0 fully saturated rings. The van der Waals surface area contributed by atoms with Gasteiger partial charge >= 0.3 is 5.97 Å². The number of carbonyl (C=O) groups excluding carboxylic acids is 2. The van der Waals surface area contributed by atoms with Gasteiger partial charge in [0.25, 0.3) is 0 Å². The van der Waals surface area contributed by atoms with Gasteiger partial charge in [0.2, 0.25) is 5.91 Å². The molecule has 0 aliphatic rings. The second-order valence-electron chi connectivity index (χ2n) is 6.54. The van der Waals surface area contributed by atoms with Gasteiger partial charge in [0.05, 0.1) is 24.4 Å². The number of hydrogen-bond acceptors (Lipinski definition) is 5. The fraction of sp³-hybridized carbons (Fsp3) is 0.227. The molecule has 0 unspecified atom stereocenters. The summed E-state index contributed by atoms with van der Waals surface area (Å²) < 4.78 is 24.1. The van der Waals surface area contributed by atoms with Crippen LogP contribution in [0.2, 0.25) is 0 Å². The summed E-state index contributed by atoms with van der Waals surface area (Å²) in [4.78, 5) is 29.6. The van der Waals surface area contributed by atoms with Crippen LogP contribution in [0.15, 0.2) is 59.1 Å². The Balaban J connectivity index is 1.54. The van der Waals surface area contributed by atoms with Crippen molar-refractivity contribution in [3.63, 3.8) is 0 Å². The third-order valence-corrected chi connectivity index (χ3v) is 4.47. The Morgan fingerprint density at radius 2 is 1.86 bits per heavy atom. The van der Waals surface area contributed by atoms with Gasteiger partial charge in [0.15, 0.2) is 11.7 Å². The van der Waals surface area contributed by atoms with Crippen LogP contribution in [0.1, 0.15) is 28.2 Å². The minimum Gasteiger partial charge on any atom is -0.465 e. The van der Waals surface area contributed by atoms with Crippen molar-refractivity contribution in [3.05, 3.63) is 77.6 Å². The number of halogens is 1. The van der Waals surface area contributed by atoms with E-state index in [9.17, 15) is 14.0 Å². The second-order valence-corrected chi connectivity index (χ2v) is 6.54. The molecule has 29 heavy (non-hydrogen) atoms. The van der Waals surface area contributed by atoms with Gasteiger partial charge in [-0.05, 0) is 29.8 Å². The summed E-state index contributed by atoms with van der Waals surface area (Å²) in [5, 5.41) is 0. The van der Waals surface area contributed by atoms with Crippen molar-refractivity contribution >= 4 is 11.9 Å². The molecule has 0 spiro atoms. The molecule has 0 atom stereocenters. The van der Waals surface area contributed by atoms with Crippen molar-refractivity contribution in [3.8, 4) is 11.3 Å². The van der Waals surface area contributed by atoms with E-state index in [1.54, 1.807) is 54.4 Å². The van der Waals surface area contributed by atoms with E-state index in [1.165, 1.54) is 19.4 Å². The third kappa shape index (κ3) is 5.07. The minimum atomic E-state index is -0.401. The van der Waals surface area contributed by atoms with E-state index in [1.807, 2.05) is 0 Å². The number of nitrogens with zero attached hydrogens (tertiary/aromatic N) is 2. The quantitative estimate of drug-likeness (QED) is 0.567. The van der Waals surface area contributed by atoms with E-state index in [-0.39, 0.29) is 18.1 Å². The predicted octanol–water partition coefficient (Wildman–Crippen LogP) is 3.86. The van der Waals surface area contributed by atoms with Gasteiger partial charge in [-0.2, -0.15) is 0 Å². The first-order valence-corrected chi connectivity index (χ1v) is 9.08. The fourth-order valence-electron chi connectivity index (χ4n) is 2.84. The lowest BCUT2D eigenvalue weighted by atomic mass is 10.1. The first kappa shape index (κ1) is 20.3. The van der Waals surface area contributed by atoms with Crippen molar-refractivity contribution in [2.75, 3.05) is 14.2 Å². The maximum Gasteiger partial charge on any atom is 0.337 e. The molecule has 1 amide bonds. The number of carbonyl (C=O) groups is 2. The van der Waals surface area contributed by atoms with Crippen molar-refractivity contribution < 1.29 is 23.1 Å². The number of aryl methyl sites for hydroxylation is 1. The maximum atomic E-state index is 13.8. The van der Waals surface area contributed by atoms with E-state index >= 15 is 0 Å². The van der Waals surface area contributed by atoms with Crippen molar-refractivity contribution in [2.45, 2.75) is 19.4 Å². The molecule has 0 aliphatic carbocycles. The Morgan fingerprint density at radius 1 is 1.14 bits per heavy atom. The number of methoxy groups -OCH3 is 1. The zero-order chi connectivity index (χ0) is 20.8. The first-order valence-electron chi connectivity index (χ1n) is 9.08. The summed E-state index contributed by atoms with van der Waals surface area (Å²) >= 11 is 0.